The highest BCUT2D eigenvalue weighted by atomic mass is 16.5. The quantitative estimate of drug-likeness (QED) is 0.734. The number of ether oxygens (including phenoxy) is 1. The summed E-state index contributed by atoms with van der Waals surface area (Å²) >= 11 is 0. The van der Waals surface area contributed by atoms with E-state index < -0.39 is 5.54 Å². The smallest absolute Gasteiger partial charge is 0.326 e. The van der Waals surface area contributed by atoms with Crippen molar-refractivity contribution in [1.82, 2.24) is 10.2 Å². The van der Waals surface area contributed by atoms with Crippen LogP contribution in [0.1, 0.15) is 66.2 Å². The summed E-state index contributed by atoms with van der Waals surface area (Å²) in [5.41, 5.74) is -0.548. The molecule has 1 N–H and O–H groups in total. The van der Waals surface area contributed by atoms with E-state index in [4.69, 9.17) is 4.74 Å². The third-order valence-electron chi connectivity index (χ3n) is 4.95. The number of piperidine rings is 1. The van der Waals surface area contributed by atoms with Gasteiger partial charge in [-0.2, -0.15) is 0 Å². The molecule has 1 saturated carbocycles. The first kappa shape index (κ1) is 16.8. The lowest BCUT2D eigenvalue weighted by molar-refractivity contribution is -0.151. The standard InChI is InChI=1S/C17H32N2O2/c1-5-21-16(20)17(4,18-15-9-10-15)12-14(3)19-11-7-6-8-13(19)2/h13-15,18H,5-12H2,1-4H3. The molecule has 0 aromatic heterocycles. The van der Waals surface area contributed by atoms with E-state index >= 15 is 0 Å². The summed E-state index contributed by atoms with van der Waals surface area (Å²) in [6, 6.07) is 1.53. The number of hydrogen-bond donors (Lipinski definition) is 1. The average Bonchev–Trinajstić information content (AvgIpc) is 3.23. The summed E-state index contributed by atoms with van der Waals surface area (Å²) in [7, 11) is 0. The monoisotopic (exact) mass is 296 g/mol. The summed E-state index contributed by atoms with van der Waals surface area (Å²) < 4.78 is 5.33. The minimum atomic E-state index is -0.548. The van der Waals surface area contributed by atoms with Gasteiger partial charge >= 0.3 is 5.97 Å². The van der Waals surface area contributed by atoms with Gasteiger partial charge in [0.15, 0.2) is 0 Å². The van der Waals surface area contributed by atoms with E-state index in [2.05, 4.69) is 24.1 Å². The van der Waals surface area contributed by atoms with Crippen LogP contribution in [0, 0.1) is 0 Å². The Morgan fingerprint density at radius 3 is 2.67 bits per heavy atom. The Bertz CT molecular complexity index is 357. The Morgan fingerprint density at radius 2 is 2.10 bits per heavy atom. The molecule has 2 rings (SSSR count). The van der Waals surface area contributed by atoms with Gasteiger partial charge in [0, 0.05) is 18.1 Å². The molecule has 0 aromatic rings. The Hall–Kier alpha value is -0.610. The summed E-state index contributed by atoms with van der Waals surface area (Å²) in [5, 5.41) is 3.54. The molecule has 1 heterocycles. The average molecular weight is 296 g/mol. The molecule has 0 spiro atoms. The highest BCUT2D eigenvalue weighted by Crippen LogP contribution is 2.29. The van der Waals surface area contributed by atoms with Crippen LogP contribution in [0.25, 0.3) is 0 Å². The zero-order chi connectivity index (χ0) is 15.5. The molecule has 2 aliphatic rings. The van der Waals surface area contributed by atoms with Crippen LogP contribution < -0.4 is 5.32 Å². The summed E-state index contributed by atoms with van der Waals surface area (Å²) in [4.78, 5) is 15.0. The first-order valence-corrected chi connectivity index (χ1v) is 8.67. The second-order valence-electron chi connectivity index (χ2n) is 7.11. The maximum atomic E-state index is 12.4. The molecule has 0 radical (unpaired) electrons. The van der Waals surface area contributed by atoms with E-state index in [1.807, 2.05) is 13.8 Å². The molecular formula is C17H32N2O2. The summed E-state index contributed by atoms with van der Waals surface area (Å²) in [5.74, 6) is -0.0894. The Balaban J connectivity index is 2.00. The minimum absolute atomic E-state index is 0.0894. The largest absolute Gasteiger partial charge is 0.465 e. The maximum absolute atomic E-state index is 12.4. The van der Waals surface area contributed by atoms with Crippen molar-refractivity contribution in [2.75, 3.05) is 13.2 Å². The normalized spacial score (nSPS) is 27.9. The predicted molar refractivity (Wildman–Crippen MR) is 85.3 cm³/mol. The predicted octanol–water partition coefficient (Wildman–Crippen LogP) is 2.71. The maximum Gasteiger partial charge on any atom is 0.326 e. The van der Waals surface area contributed by atoms with Gasteiger partial charge in [-0.15, -0.1) is 0 Å². The van der Waals surface area contributed by atoms with Crippen molar-refractivity contribution in [3.05, 3.63) is 0 Å². The SMILES string of the molecule is CCOC(=O)C(C)(CC(C)N1CCCCC1C)NC1CC1. The first-order chi connectivity index (χ1) is 9.96. The topological polar surface area (TPSA) is 41.6 Å². The highest BCUT2D eigenvalue weighted by molar-refractivity contribution is 5.80. The Labute approximate surface area is 129 Å². The van der Waals surface area contributed by atoms with Gasteiger partial charge in [0.25, 0.3) is 0 Å². The first-order valence-electron chi connectivity index (χ1n) is 8.67. The number of esters is 1. The zero-order valence-corrected chi connectivity index (χ0v) is 14.2. The van der Waals surface area contributed by atoms with Gasteiger partial charge in [-0.1, -0.05) is 6.42 Å². The van der Waals surface area contributed by atoms with Crippen LogP contribution >= 0.6 is 0 Å². The molecule has 0 aromatic carbocycles. The van der Waals surface area contributed by atoms with Gasteiger partial charge in [-0.05, 0) is 66.3 Å². The van der Waals surface area contributed by atoms with Crippen LogP contribution in [0.4, 0.5) is 0 Å². The lowest BCUT2D eigenvalue weighted by Crippen LogP contribution is -2.56. The number of rotatable bonds is 7. The molecule has 2 fully saturated rings. The molecule has 0 amide bonds. The van der Waals surface area contributed by atoms with Crippen LogP contribution in [-0.2, 0) is 9.53 Å². The molecule has 4 nitrogen and oxygen atoms in total. The van der Waals surface area contributed by atoms with Crippen LogP contribution in [0.3, 0.4) is 0 Å². The van der Waals surface area contributed by atoms with E-state index in [0.717, 1.165) is 13.0 Å². The number of carbonyl (C=O) groups is 1. The Morgan fingerprint density at radius 1 is 1.38 bits per heavy atom. The lowest BCUT2D eigenvalue weighted by Gasteiger charge is -2.41. The van der Waals surface area contributed by atoms with E-state index in [1.54, 1.807) is 0 Å². The lowest BCUT2D eigenvalue weighted by atomic mass is 9.90. The molecule has 1 saturated heterocycles. The van der Waals surface area contributed by atoms with Gasteiger partial charge in [0.1, 0.15) is 5.54 Å². The number of carbonyl (C=O) groups excluding carboxylic acids is 1. The van der Waals surface area contributed by atoms with Crippen LogP contribution in [0.5, 0.6) is 0 Å². The van der Waals surface area contributed by atoms with Gasteiger partial charge < -0.3 is 4.74 Å². The van der Waals surface area contributed by atoms with E-state index in [1.165, 1.54) is 32.1 Å². The van der Waals surface area contributed by atoms with Crippen molar-refractivity contribution in [3.63, 3.8) is 0 Å². The molecule has 1 aliphatic heterocycles. The number of nitrogens with one attached hydrogen (secondary N) is 1. The van der Waals surface area contributed by atoms with Crippen molar-refractivity contribution >= 4 is 5.97 Å². The van der Waals surface area contributed by atoms with Gasteiger partial charge in [-0.3, -0.25) is 15.0 Å². The van der Waals surface area contributed by atoms with Crippen molar-refractivity contribution < 1.29 is 9.53 Å². The van der Waals surface area contributed by atoms with Crippen LogP contribution in [0.15, 0.2) is 0 Å². The van der Waals surface area contributed by atoms with Crippen molar-refractivity contribution in [1.29, 1.82) is 0 Å². The highest BCUT2D eigenvalue weighted by Gasteiger charge is 2.42. The van der Waals surface area contributed by atoms with E-state index in [-0.39, 0.29) is 5.97 Å². The second kappa shape index (κ2) is 7.10. The van der Waals surface area contributed by atoms with Gasteiger partial charge in [0.05, 0.1) is 6.61 Å². The molecule has 21 heavy (non-hydrogen) atoms. The number of likely N-dealkylation sites (tertiary alicyclic amines) is 1. The van der Waals surface area contributed by atoms with Gasteiger partial charge in [0.2, 0.25) is 0 Å². The number of nitrogens with zero attached hydrogens (tertiary/aromatic N) is 1. The van der Waals surface area contributed by atoms with Crippen molar-refractivity contribution in [2.24, 2.45) is 0 Å². The number of hydrogen-bond acceptors (Lipinski definition) is 4. The third-order valence-corrected chi connectivity index (χ3v) is 4.95. The van der Waals surface area contributed by atoms with Gasteiger partial charge in [-0.25, -0.2) is 0 Å². The molecule has 0 bridgehead atoms. The Kier molecular flexibility index (Phi) is 5.67. The molecule has 3 unspecified atom stereocenters. The molecule has 122 valence electrons. The second-order valence-corrected chi connectivity index (χ2v) is 7.11. The van der Waals surface area contributed by atoms with Crippen LogP contribution in [-0.4, -0.2) is 47.7 Å². The van der Waals surface area contributed by atoms with Crippen molar-refractivity contribution in [2.45, 2.75) is 89.9 Å². The summed E-state index contributed by atoms with van der Waals surface area (Å²) in [6.07, 6.45) is 7.08. The zero-order valence-electron chi connectivity index (χ0n) is 14.2. The molecule has 4 heteroatoms. The van der Waals surface area contributed by atoms with E-state index in [9.17, 15) is 4.79 Å². The van der Waals surface area contributed by atoms with Crippen molar-refractivity contribution in [3.8, 4) is 0 Å². The third kappa shape index (κ3) is 4.43. The fraction of sp³-hybridized carbons (Fsp3) is 0.941. The summed E-state index contributed by atoms with van der Waals surface area (Å²) in [6.45, 7) is 10.1. The molecule has 3 atom stereocenters. The molecular weight excluding hydrogens is 264 g/mol. The fourth-order valence-electron chi connectivity index (χ4n) is 3.65. The molecule has 1 aliphatic carbocycles. The van der Waals surface area contributed by atoms with Crippen LogP contribution in [0.2, 0.25) is 0 Å². The van der Waals surface area contributed by atoms with E-state index in [0.29, 0.717) is 24.7 Å². The fourth-order valence-corrected chi connectivity index (χ4v) is 3.65. The minimum Gasteiger partial charge on any atom is -0.465 e.